The van der Waals surface area contributed by atoms with Crippen molar-refractivity contribution in [1.82, 2.24) is 5.32 Å². The van der Waals surface area contributed by atoms with Crippen molar-refractivity contribution in [3.8, 4) is 11.5 Å². The zero-order valence-corrected chi connectivity index (χ0v) is 19.4. The zero-order valence-electron chi connectivity index (χ0n) is 18.6. The van der Waals surface area contributed by atoms with Crippen LogP contribution in [0.3, 0.4) is 0 Å². The van der Waals surface area contributed by atoms with Gasteiger partial charge in [-0.1, -0.05) is 0 Å². The van der Waals surface area contributed by atoms with Crippen molar-refractivity contribution < 1.29 is 32.2 Å². The Kier molecular flexibility index (Phi) is 5.20. The van der Waals surface area contributed by atoms with Gasteiger partial charge < -0.3 is 24.3 Å². The maximum Gasteiger partial charge on any atom is 0.339 e. The van der Waals surface area contributed by atoms with Crippen molar-refractivity contribution in [2.75, 3.05) is 18.1 Å². The summed E-state index contributed by atoms with van der Waals surface area (Å²) in [6.07, 6.45) is 2.52. The molecule has 1 aromatic heterocycles. The molecule has 3 heterocycles. The maximum absolute atomic E-state index is 12.6. The summed E-state index contributed by atoms with van der Waals surface area (Å²) in [7, 11) is -3.38. The van der Waals surface area contributed by atoms with Gasteiger partial charge in [0.15, 0.2) is 16.4 Å². The highest BCUT2D eigenvalue weighted by molar-refractivity contribution is 7.91. The third-order valence-electron chi connectivity index (χ3n) is 6.66. The molecule has 2 N–H and O–H groups in total. The van der Waals surface area contributed by atoms with Gasteiger partial charge in [-0.15, -0.1) is 0 Å². The smallest absolute Gasteiger partial charge is 0.339 e. The SMILES string of the molecule is CC1(C)CCc2c(cc(OCC(=O)N[C@@H]3CS(=O)(=O)C[C@H]3O)c3c4c(c(=O)oc23)CCC4)O1. The summed E-state index contributed by atoms with van der Waals surface area (Å²) in [4.78, 5) is 25.1. The lowest BCUT2D eigenvalue weighted by molar-refractivity contribution is -0.124. The topological polar surface area (TPSA) is 132 Å². The number of aliphatic hydroxyl groups is 1. The predicted molar refractivity (Wildman–Crippen MR) is 120 cm³/mol. The Morgan fingerprint density at radius 2 is 1.97 bits per heavy atom. The predicted octanol–water partition coefficient (Wildman–Crippen LogP) is 1.04. The standard InChI is InChI=1S/C23H27NO8S/c1-23(2)7-6-14-17(32-23)8-18(20-12-4-3-5-13(12)22(27)31-21(14)20)30-9-19(26)24-15-10-33(28,29)11-16(15)25/h8,15-16,25H,3-7,9-11H2,1-2H3,(H,24,26)/t15-,16-/m1/s1. The van der Waals surface area contributed by atoms with Crippen molar-refractivity contribution in [1.29, 1.82) is 0 Å². The van der Waals surface area contributed by atoms with Crippen LogP contribution in [0.1, 0.15) is 43.4 Å². The molecule has 0 spiro atoms. The second-order valence-corrected chi connectivity index (χ2v) is 11.9. The van der Waals surface area contributed by atoms with Gasteiger partial charge in [0.1, 0.15) is 22.7 Å². The number of fused-ring (bicyclic) bond motifs is 5. The molecule has 1 saturated heterocycles. The molecule has 3 aliphatic rings. The van der Waals surface area contributed by atoms with Crippen molar-refractivity contribution in [2.45, 2.75) is 63.7 Å². The van der Waals surface area contributed by atoms with Crippen molar-refractivity contribution >= 4 is 26.7 Å². The van der Waals surface area contributed by atoms with Crippen molar-refractivity contribution in [2.24, 2.45) is 0 Å². The van der Waals surface area contributed by atoms with E-state index in [0.29, 0.717) is 40.9 Å². The average Bonchev–Trinajstić information content (AvgIpc) is 3.29. The van der Waals surface area contributed by atoms with Gasteiger partial charge in [-0.25, -0.2) is 13.2 Å². The van der Waals surface area contributed by atoms with Crippen LogP contribution in [0.15, 0.2) is 15.3 Å². The van der Waals surface area contributed by atoms with Crippen molar-refractivity contribution in [3.05, 3.63) is 33.2 Å². The summed E-state index contributed by atoms with van der Waals surface area (Å²) < 4.78 is 41.2. The normalized spacial score (nSPS) is 24.7. The molecule has 2 atom stereocenters. The van der Waals surface area contributed by atoms with E-state index in [2.05, 4.69) is 5.32 Å². The van der Waals surface area contributed by atoms with E-state index in [1.165, 1.54) is 0 Å². The fraction of sp³-hybridized carbons (Fsp3) is 0.565. The molecule has 5 rings (SSSR count). The average molecular weight is 478 g/mol. The minimum Gasteiger partial charge on any atom is -0.487 e. The first-order chi connectivity index (χ1) is 15.5. The molecule has 1 aliphatic carbocycles. The van der Waals surface area contributed by atoms with E-state index >= 15 is 0 Å². The van der Waals surface area contributed by atoms with E-state index in [1.54, 1.807) is 6.07 Å². The molecule has 33 heavy (non-hydrogen) atoms. The minimum atomic E-state index is -3.38. The molecule has 10 heteroatoms. The lowest BCUT2D eigenvalue weighted by Gasteiger charge is -2.33. The highest BCUT2D eigenvalue weighted by Gasteiger charge is 2.37. The van der Waals surface area contributed by atoms with Crippen LogP contribution in [-0.2, 0) is 33.9 Å². The molecular weight excluding hydrogens is 450 g/mol. The molecule has 1 amide bonds. The number of rotatable bonds is 4. The number of hydrogen-bond donors (Lipinski definition) is 2. The monoisotopic (exact) mass is 477 g/mol. The molecular formula is C23H27NO8S. The number of nitrogens with one attached hydrogen (secondary N) is 1. The van der Waals surface area contributed by atoms with Gasteiger partial charge in [0, 0.05) is 17.2 Å². The summed E-state index contributed by atoms with van der Waals surface area (Å²) >= 11 is 0. The Bertz CT molecular complexity index is 1310. The number of amides is 1. The summed E-state index contributed by atoms with van der Waals surface area (Å²) in [5.41, 5.74) is 2.08. The Morgan fingerprint density at radius 1 is 1.21 bits per heavy atom. The quantitative estimate of drug-likeness (QED) is 0.625. The van der Waals surface area contributed by atoms with E-state index in [-0.39, 0.29) is 23.7 Å². The molecule has 0 saturated carbocycles. The van der Waals surface area contributed by atoms with Gasteiger partial charge in [-0.05, 0) is 51.5 Å². The number of aryl methyl sites for hydroxylation is 2. The van der Waals surface area contributed by atoms with Crippen LogP contribution in [0.25, 0.3) is 11.0 Å². The third-order valence-corrected chi connectivity index (χ3v) is 8.38. The second kappa shape index (κ2) is 7.73. The highest BCUT2D eigenvalue weighted by atomic mass is 32.2. The number of hydrogen-bond acceptors (Lipinski definition) is 8. The number of aliphatic hydroxyl groups excluding tert-OH is 1. The summed E-state index contributed by atoms with van der Waals surface area (Å²) in [5.74, 6) is -0.265. The minimum absolute atomic E-state index is 0.302. The Morgan fingerprint density at radius 3 is 2.70 bits per heavy atom. The van der Waals surface area contributed by atoms with Gasteiger partial charge in [-0.3, -0.25) is 4.79 Å². The van der Waals surface area contributed by atoms with Gasteiger partial charge >= 0.3 is 5.63 Å². The third kappa shape index (κ3) is 4.10. The lowest BCUT2D eigenvalue weighted by atomic mass is 9.91. The molecule has 178 valence electrons. The van der Waals surface area contributed by atoms with Gasteiger partial charge in [-0.2, -0.15) is 0 Å². The van der Waals surface area contributed by atoms with Crippen LogP contribution >= 0.6 is 0 Å². The summed E-state index contributed by atoms with van der Waals surface area (Å²) in [6.45, 7) is 3.58. The first-order valence-electron chi connectivity index (χ1n) is 11.2. The van der Waals surface area contributed by atoms with E-state index < -0.39 is 33.5 Å². The van der Waals surface area contributed by atoms with Gasteiger partial charge in [0.05, 0.1) is 29.0 Å². The second-order valence-electron chi connectivity index (χ2n) is 9.72. The molecule has 0 unspecified atom stereocenters. The Balaban J connectivity index is 1.48. The number of benzene rings is 1. The Labute approximate surface area is 191 Å². The fourth-order valence-electron chi connectivity index (χ4n) is 5.03. The highest BCUT2D eigenvalue weighted by Crippen LogP contribution is 2.44. The van der Waals surface area contributed by atoms with E-state index in [0.717, 1.165) is 30.4 Å². The van der Waals surface area contributed by atoms with Gasteiger partial charge in [0.25, 0.3) is 5.91 Å². The molecule has 2 aliphatic heterocycles. The largest absolute Gasteiger partial charge is 0.487 e. The van der Waals surface area contributed by atoms with E-state index in [1.807, 2.05) is 13.8 Å². The maximum atomic E-state index is 12.6. The molecule has 1 fully saturated rings. The summed E-state index contributed by atoms with van der Waals surface area (Å²) in [6, 6.07) is 0.886. The number of carbonyl (C=O) groups excluding carboxylic acids is 1. The van der Waals surface area contributed by atoms with Crippen LogP contribution in [0.4, 0.5) is 0 Å². The molecule has 9 nitrogen and oxygen atoms in total. The first kappa shape index (κ1) is 22.2. The lowest BCUT2D eigenvalue weighted by Crippen LogP contribution is -2.44. The van der Waals surface area contributed by atoms with E-state index in [9.17, 15) is 23.1 Å². The number of carbonyl (C=O) groups is 1. The van der Waals surface area contributed by atoms with Crippen molar-refractivity contribution in [3.63, 3.8) is 0 Å². The van der Waals surface area contributed by atoms with Crippen LogP contribution in [-0.4, -0.2) is 55.3 Å². The van der Waals surface area contributed by atoms with Crippen LogP contribution in [0, 0.1) is 0 Å². The zero-order chi connectivity index (χ0) is 23.5. The molecule has 0 bridgehead atoms. The van der Waals surface area contributed by atoms with E-state index in [4.69, 9.17) is 13.9 Å². The summed E-state index contributed by atoms with van der Waals surface area (Å²) in [5, 5.41) is 13.2. The first-order valence-corrected chi connectivity index (χ1v) is 13.0. The van der Waals surface area contributed by atoms with Crippen LogP contribution in [0.5, 0.6) is 11.5 Å². The van der Waals surface area contributed by atoms with Crippen LogP contribution in [0.2, 0.25) is 0 Å². The fourth-order valence-corrected chi connectivity index (χ4v) is 6.77. The molecule has 1 aromatic carbocycles. The Hall–Kier alpha value is -2.59. The number of ether oxygens (including phenoxy) is 2. The van der Waals surface area contributed by atoms with Crippen LogP contribution < -0.4 is 20.4 Å². The molecule has 0 radical (unpaired) electrons. The van der Waals surface area contributed by atoms with Gasteiger partial charge in [0.2, 0.25) is 0 Å². The molecule has 2 aromatic rings. The number of sulfone groups is 1.